The summed E-state index contributed by atoms with van der Waals surface area (Å²) in [6.07, 6.45) is -0.550. The van der Waals surface area contributed by atoms with Crippen molar-refractivity contribution in [3.8, 4) is 0 Å². The van der Waals surface area contributed by atoms with E-state index < -0.39 is 30.3 Å². The van der Waals surface area contributed by atoms with E-state index in [0.717, 1.165) is 4.90 Å². The standard InChI is InChI=1S/C9H13F2NO3/c1-6(8(14)15)4-7(13)12-3-2-9(10,11)5-12/h6H,2-5H2,1H3,(H,14,15). The first-order valence-electron chi connectivity index (χ1n) is 4.70. The molecule has 1 atom stereocenters. The van der Waals surface area contributed by atoms with Gasteiger partial charge in [-0.2, -0.15) is 0 Å². The predicted molar refractivity (Wildman–Crippen MR) is 47.6 cm³/mol. The molecule has 1 aliphatic rings. The van der Waals surface area contributed by atoms with Crippen LogP contribution in [0.3, 0.4) is 0 Å². The molecule has 1 fully saturated rings. The van der Waals surface area contributed by atoms with Gasteiger partial charge in [-0.1, -0.05) is 6.92 Å². The number of nitrogens with zero attached hydrogens (tertiary/aromatic N) is 1. The van der Waals surface area contributed by atoms with E-state index in [4.69, 9.17) is 5.11 Å². The number of rotatable bonds is 3. The summed E-state index contributed by atoms with van der Waals surface area (Å²) in [5.74, 6) is -5.25. The van der Waals surface area contributed by atoms with Crippen molar-refractivity contribution in [3.63, 3.8) is 0 Å². The van der Waals surface area contributed by atoms with Crippen LogP contribution in [0.4, 0.5) is 8.78 Å². The number of halogens is 2. The molecule has 0 spiro atoms. The molecule has 0 radical (unpaired) electrons. The zero-order valence-corrected chi connectivity index (χ0v) is 8.37. The summed E-state index contributed by atoms with van der Waals surface area (Å²) in [6, 6.07) is 0. The molecule has 1 rings (SSSR count). The van der Waals surface area contributed by atoms with Gasteiger partial charge in [-0.05, 0) is 0 Å². The summed E-state index contributed by atoms with van der Waals surface area (Å²) in [5, 5.41) is 8.56. The number of carbonyl (C=O) groups excluding carboxylic acids is 1. The van der Waals surface area contributed by atoms with Crippen LogP contribution in [-0.2, 0) is 9.59 Å². The van der Waals surface area contributed by atoms with Gasteiger partial charge in [0.05, 0.1) is 12.5 Å². The van der Waals surface area contributed by atoms with Crippen molar-refractivity contribution in [3.05, 3.63) is 0 Å². The van der Waals surface area contributed by atoms with Crippen LogP contribution in [0.2, 0.25) is 0 Å². The number of amides is 1. The van der Waals surface area contributed by atoms with Crippen LogP contribution in [0.1, 0.15) is 19.8 Å². The molecule has 0 saturated carbocycles. The van der Waals surface area contributed by atoms with Crippen LogP contribution in [0, 0.1) is 5.92 Å². The Morgan fingerprint density at radius 2 is 2.13 bits per heavy atom. The van der Waals surface area contributed by atoms with Gasteiger partial charge in [0.15, 0.2) is 0 Å². The number of alkyl halides is 2. The lowest BCUT2D eigenvalue weighted by atomic mass is 10.1. The maximum atomic E-state index is 12.7. The molecular weight excluding hydrogens is 208 g/mol. The van der Waals surface area contributed by atoms with Crippen LogP contribution in [0.5, 0.6) is 0 Å². The second-order valence-electron chi connectivity index (χ2n) is 3.86. The molecule has 1 heterocycles. The molecule has 0 aromatic heterocycles. The maximum Gasteiger partial charge on any atom is 0.306 e. The highest BCUT2D eigenvalue weighted by molar-refractivity contribution is 5.82. The average Bonchev–Trinajstić information content (AvgIpc) is 2.45. The third-order valence-electron chi connectivity index (χ3n) is 2.42. The lowest BCUT2D eigenvalue weighted by Crippen LogP contribution is -2.33. The molecule has 0 bridgehead atoms. The number of carbonyl (C=O) groups is 2. The quantitative estimate of drug-likeness (QED) is 0.772. The monoisotopic (exact) mass is 221 g/mol. The fourth-order valence-corrected chi connectivity index (χ4v) is 1.43. The van der Waals surface area contributed by atoms with E-state index in [1.807, 2.05) is 0 Å². The molecule has 1 N–H and O–H groups in total. The summed E-state index contributed by atoms with van der Waals surface area (Å²) in [5.41, 5.74) is 0. The van der Waals surface area contributed by atoms with Crippen molar-refractivity contribution in [2.24, 2.45) is 5.92 Å². The Bertz CT molecular complexity index is 281. The van der Waals surface area contributed by atoms with E-state index in [0.29, 0.717) is 0 Å². The fourth-order valence-electron chi connectivity index (χ4n) is 1.43. The topological polar surface area (TPSA) is 57.6 Å². The van der Waals surface area contributed by atoms with Gasteiger partial charge in [-0.3, -0.25) is 9.59 Å². The Morgan fingerprint density at radius 1 is 1.53 bits per heavy atom. The SMILES string of the molecule is CC(CC(=O)N1CCC(F)(F)C1)C(=O)O. The van der Waals surface area contributed by atoms with Crippen molar-refractivity contribution in [1.29, 1.82) is 0 Å². The van der Waals surface area contributed by atoms with E-state index in [-0.39, 0.29) is 19.4 Å². The number of likely N-dealkylation sites (tertiary alicyclic amines) is 1. The van der Waals surface area contributed by atoms with Gasteiger partial charge in [0.2, 0.25) is 5.91 Å². The maximum absolute atomic E-state index is 12.7. The van der Waals surface area contributed by atoms with Crippen LogP contribution >= 0.6 is 0 Å². The van der Waals surface area contributed by atoms with Crippen LogP contribution < -0.4 is 0 Å². The van der Waals surface area contributed by atoms with Gasteiger partial charge in [0.1, 0.15) is 0 Å². The van der Waals surface area contributed by atoms with Crippen molar-refractivity contribution >= 4 is 11.9 Å². The Kier molecular flexibility index (Phi) is 3.26. The fraction of sp³-hybridized carbons (Fsp3) is 0.778. The normalized spacial score (nSPS) is 21.4. The average molecular weight is 221 g/mol. The van der Waals surface area contributed by atoms with Crippen molar-refractivity contribution < 1.29 is 23.5 Å². The Balaban J connectivity index is 2.46. The van der Waals surface area contributed by atoms with Gasteiger partial charge in [0.25, 0.3) is 5.92 Å². The van der Waals surface area contributed by atoms with Gasteiger partial charge in [0, 0.05) is 19.4 Å². The predicted octanol–water partition coefficient (Wildman–Crippen LogP) is 0.965. The lowest BCUT2D eigenvalue weighted by molar-refractivity contribution is -0.145. The first kappa shape index (κ1) is 11.9. The molecule has 1 amide bonds. The minimum atomic E-state index is -2.82. The van der Waals surface area contributed by atoms with Gasteiger partial charge < -0.3 is 10.0 Å². The summed E-state index contributed by atoms with van der Waals surface area (Å²) >= 11 is 0. The summed E-state index contributed by atoms with van der Waals surface area (Å²) in [6.45, 7) is 0.810. The highest BCUT2D eigenvalue weighted by Crippen LogP contribution is 2.27. The first-order valence-corrected chi connectivity index (χ1v) is 4.70. The second-order valence-corrected chi connectivity index (χ2v) is 3.86. The Labute approximate surface area is 85.9 Å². The van der Waals surface area contributed by atoms with E-state index in [1.54, 1.807) is 0 Å². The largest absolute Gasteiger partial charge is 0.481 e. The summed E-state index contributed by atoms with van der Waals surface area (Å²) in [4.78, 5) is 22.9. The minimum absolute atomic E-state index is 0.0121. The molecular formula is C9H13F2NO3. The molecule has 15 heavy (non-hydrogen) atoms. The van der Waals surface area contributed by atoms with E-state index in [9.17, 15) is 18.4 Å². The van der Waals surface area contributed by atoms with Crippen LogP contribution in [0.25, 0.3) is 0 Å². The highest BCUT2D eigenvalue weighted by Gasteiger charge is 2.40. The zero-order valence-electron chi connectivity index (χ0n) is 8.37. The van der Waals surface area contributed by atoms with E-state index >= 15 is 0 Å². The highest BCUT2D eigenvalue weighted by atomic mass is 19.3. The zero-order chi connectivity index (χ0) is 11.6. The molecule has 1 saturated heterocycles. The molecule has 6 heteroatoms. The van der Waals surface area contributed by atoms with Crippen molar-refractivity contribution in [2.75, 3.05) is 13.1 Å². The van der Waals surface area contributed by atoms with Crippen LogP contribution in [-0.4, -0.2) is 40.9 Å². The molecule has 1 unspecified atom stereocenters. The third kappa shape index (κ3) is 3.14. The van der Waals surface area contributed by atoms with Crippen molar-refractivity contribution in [2.45, 2.75) is 25.7 Å². The van der Waals surface area contributed by atoms with E-state index in [2.05, 4.69) is 0 Å². The number of carboxylic acids is 1. The smallest absolute Gasteiger partial charge is 0.306 e. The Morgan fingerprint density at radius 3 is 2.53 bits per heavy atom. The molecule has 0 aromatic carbocycles. The molecule has 4 nitrogen and oxygen atoms in total. The molecule has 86 valence electrons. The molecule has 0 aromatic rings. The Hall–Kier alpha value is -1.20. The minimum Gasteiger partial charge on any atom is -0.481 e. The number of aliphatic carboxylic acids is 1. The molecule has 0 aliphatic carbocycles. The second kappa shape index (κ2) is 4.12. The molecule has 1 aliphatic heterocycles. The summed E-state index contributed by atoms with van der Waals surface area (Å²) in [7, 11) is 0. The van der Waals surface area contributed by atoms with E-state index in [1.165, 1.54) is 6.92 Å². The third-order valence-corrected chi connectivity index (χ3v) is 2.42. The van der Waals surface area contributed by atoms with Crippen LogP contribution in [0.15, 0.2) is 0 Å². The first-order chi connectivity index (χ1) is 6.82. The number of hydrogen-bond donors (Lipinski definition) is 1. The van der Waals surface area contributed by atoms with Crippen molar-refractivity contribution in [1.82, 2.24) is 4.90 Å². The number of carboxylic acid groups (broad SMARTS) is 1. The summed E-state index contributed by atoms with van der Waals surface area (Å²) < 4.78 is 25.5. The van der Waals surface area contributed by atoms with Gasteiger partial charge in [-0.25, -0.2) is 8.78 Å². The van der Waals surface area contributed by atoms with Gasteiger partial charge >= 0.3 is 5.97 Å². The lowest BCUT2D eigenvalue weighted by Gasteiger charge is -2.17. The number of hydrogen-bond acceptors (Lipinski definition) is 2. The van der Waals surface area contributed by atoms with Gasteiger partial charge in [-0.15, -0.1) is 0 Å².